The number of amides is 1. The van der Waals surface area contributed by atoms with E-state index in [2.05, 4.69) is 57.2 Å². The number of methoxy groups -OCH3 is 1. The molecule has 164 valence electrons. The molecular formula is C25H26N4O2S. The molecule has 7 heteroatoms. The first-order valence-corrected chi connectivity index (χ1v) is 11.3. The van der Waals surface area contributed by atoms with Crippen LogP contribution < -0.4 is 10.6 Å². The fourth-order valence-electron chi connectivity index (χ4n) is 3.86. The Bertz CT molecular complexity index is 1240. The van der Waals surface area contributed by atoms with Gasteiger partial charge in [0.05, 0.1) is 11.9 Å². The molecule has 6 nitrogen and oxygen atoms in total. The van der Waals surface area contributed by atoms with Crippen LogP contribution in [-0.2, 0) is 16.1 Å². The molecule has 2 heterocycles. The molecule has 4 rings (SSSR count). The number of thiophene rings is 1. The van der Waals surface area contributed by atoms with Crippen molar-refractivity contribution in [1.82, 2.24) is 9.97 Å². The lowest BCUT2D eigenvalue weighted by atomic mass is 10.1. The number of rotatable bonds is 7. The van der Waals surface area contributed by atoms with Crippen molar-refractivity contribution in [3.63, 3.8) is 0 Å². The number of benzene rings is 2. The van der Waals surface area contributed by atoms with Gasteiger partial charge in [-0.1, -0.05) is 48.0 Å². The predicted molar refractivity (Wildman–Crippen MR) is 131 cm³/mol. The fraction of sp³-hybridized carbons (Fsp3) is 0.240. The minimum atomic E-state index is -0.128. The Morgan fingerprint density at radius 2 is 1.78 bits per heavy atom. The second kappa shape index (κ2) is 9.46. The van der Waals surface area contributed by atoms with Gasteiger partial charge in [0.15, 0.2) is 5.82 Å². The van der Waals surface area contributed by atoms with E-state index >= 15 is 0 Å². The molecule has 0 aliphatic heterocycles. The van der Waals surface area contributed by atoms with Gasteiger partial charge in [-0.2, -0.15) is 0 Å². The van der Waals surface area contributed by atoms with Crippen molar-refractivity contribution in [3.05, 3.63) is 70.4 Å². The van der Waals surface area contributed by atoms with Crippen molar-refractivity contribution in [1.29, 1.82) is 0 Å². The highest BCUT2D eigenvalue weighted by Gasteiger charge is 2.16. The normalized spacial score (nSPS) is 11.0. The third kappa shape index (κ3) is 4.64. The summed E-state index contributed by atoms with van der Waals surface area (Å²) in [5.74, 6) is 1.08. The van der Waals surface area contributed by atoms with E-state index < -0.39 is 0 Å². The molecule has 0 saturated carbocycles. The third-order valence-electron chi connectivity index (χ3n) is 5.20. The summed E-state index contributed by atoms with van der Waals surface area (Å²) in [4.78, 5) is 22.9. The minimum Gasteiger partial charge on any atom is -0.377 e. The Hall–Kier alpha value is -3.29. The van der Waals surface area contributed by atoms with Crippen LogP contribution in [0.3, 0.4) is 0 Å². The van der Waals surface area contributed by atoms with Gasteiger partial charge in [0.1, 0.15) is 17.3 Å². The molecule has 0 atom stereocenters. The van der Waals surface area contributed by atoms with Crippen LogP contribution in [0.4, 0.5) is 11.5 Å². The number of ether oxygens (including phenoxy) is 1. The largest absolute Gasteiger partial charge is 0.377 e. The molecule has 0 aliphatic rings. The predicted octanol–water partition coefficient (Wildman–Crippen LogP) is 5.48. The van der Waals surface area contributed by atoms with Crippen molar-refractivity contribution < 1.29 is 9.53 Å². The summed E-state index contributed by atoms with van der Waals surface area (Å²) in [5.41, 5.74) is 6.26. The summed E-state index contributed by atoms with van der Waals surface area (Å²) in [6.45, 7) is 6.46. The summed E-state index contributed by atoms with van der Waals surface area (Å²) in [6.07, 6.45) is 0. The monoisotopic (exact) mass is 446 g/mol. The summed E-state index contributed by atoms with van der Waals surface area (Å²) in [5, 5.41) is 9.27. The SMILES string of the molecule is COCc1nc(NCC(=O)Nc2c(C)cc(C)cc2C)c2c(-c3ccccc3)csc2n1. The van der Waals surface area contributed by atoms with E-state index in [0.29, 0.717) is 18.2 Å². The van der Waals surface area contributed by atoms with Crippen molar-refractivity contribution >= 4 is 39.0 Å². The smallest absolute Gasteiger partial charge is 0.243 e. The number of nitrogens with one attached hydrogen (secondary N) is 2. The van der Waals surface area contributed by atoms with Crippen molar-refractivity contribution in [3.8, 4) is 11.1 Å². The Morgan fingerprint density at radius 3 is 2.47 bits per heavy atom. The summed E-state index contributed by atoms with van der Waals surface area (Å²) in [6, 6.07) is 14.3. The van der Waals surface area contributed by atoms with E-state index in [-0.39, 0.29) is 12.5 Å². The lowest BCUT2D eigenvalue weighted by Crippen LogP contribution is -2.23. The van der Waals surface area contributed by atoms with Crippen LogP contribution in [0.25, 0.3) is 21.3 Å². The van der Waals surface area contributed by atoms with Gasteiger partial charge in [0, 0.05) is 23.7 Å². The number of anilines is 2. The third-order valence-corrected chi connectivity index (χ3v) is 6.07. The molecule has 32 heavy (non-hydrogen) atoms. The Balaban J connectivity index is 1.63. The number of hydrogen-bond donors (Lipinski definition) is 2. The molecule has 2 aromatic carbocycles. The van der Waals surface area contributed by atoms with Crippen LogP contribution in [0.2, 0.25) is 0 Å². The maximum Gasteiger partial charge on any atom is 0.243 e. The second-order valence-corrected chi connectivity index (χ2v) is 8.65. The first kappa shape index (κ1) is 21.9. The quantitative estimate of drug-likeness (QED) is 0.393. The van der Waals surface area contributed by atoms with E-state index in [1.165, 1.54) is 5.56 Å². The van der Waals surface area contributed by atoms with Gasteiger partial charge in [0.2, 0.25) is 5.91 Å². The van der Waals surface area contributed by atoms with Gasteiger partial charge in [-0.3, -0.25) is 4.79 Å². The summed E-state index contributed by atoms with van der Waals surface area (Å²) in [7, 11) is 1.62. The lowest BCUT2D eigenvalue weighted by molar-refractivity contribution is -0.114. The lowest BCUT2D eigenvalue weighted by Gasteiger charge is -2.14. The maximum absolute atomic E-state index is 12.8. The molecule has 0 aliphatic carbocycles. The molecule has 0 radical (unpaired) electrons. The Kier molecular flexibility index (Phi) is 6.48. The van der Waals surface area contributed by atoms with Gasteiger partial charge in [-0.15, -0.1) is 11.3 Å². The number of hydrogen-bond acceptors (Lipinski definition) is 6. The van der Waals surface area contributed by atoms with Crippen molar-refractivity contribution in [2.24, 2.45) is 0 Å². The van der Waals surface area contributed by atoms with E-state index in [0.717, 1.165) is 38.2 Å². The van der Waals surface area contributed by atoms with E-state index in [4.69, 9.17) is 4.74 Å². The molecule has 2 N–H and O–H groups in total. The molecule has 0 saturated heterocycles. The number of nitrogens with zero attached hydrogens (tertiary/aromatic N) is 2. The first-order chi connectivity index (χ1) is 15.5. The molecule has 0 unspecified atom stereocenters. The number of aromatic nitrogens is 2. The van der Waals surface area contributed by atoms with Crippen molar-refractivity contribution in [2.45, 2.75) is 27.4 Å². The number of aryl methyl sites for hydroxylation is 3. The topological polar surface area (TPSA) is 76.1 Å². The standard InChI is InChI=1S/C25H26N4O2S/c1-15-10-16(2)23(17(3)11-15)29-21(30)12-26-24-22-19(18-8-6-5-7-9-18)14-32-25(22)28-20(27-24)13-31-4/h5-11,14H,12-13H2,1-4H3,(H,29,30)(H,26,27,28). The second-order valence-electron chi connectivity index (χ2n) is 7.79. The van der Waals surface area contributed by atoms with Crippen LogP contribution in [0.5, 0.6) is 0 Å². The van der Waals surface area contributed by atoms with Crippen LogP contribution in [-0.4, -0.2) is 29.5 Å². The van der Waals surface area contributed by atoms with E-state index in [1.54, 1.807) is 18.4 Å². The average molecular weight is 447 g/mol. The molecular weight excluding hydrogens is 420 g/mol. The number of fused-ring (bicyclic) bond motifs is 1. The van der Waals surface area contributed by atoms with Gasteiger partial charge in [0.25, 0.3) is 0 Å². The van der Waals surface area contributed by atoms with Crippen LogP contribution >= 0.6 is 11.3 Å². The molecule has 0 fully saturated rings. The molecule has 0 spiro atoms. The minimum absolute atomic E-state index is 0.0926. The number of carbonyl (C=O) groups excluding carboxylic acids is 1. The molecule has 4 aromatic rings. The van der Waals surface area contributed by atoms with E-state index in [9.17, 15) is 4.79 Å². The van der Waals surface area contributed by atoms with Gasteiger partial charge in [-0.25, -0.2) is 9.97 Å². The highest BCUT2D eigenvalue weighted by atomic mass is 32.1. The van der Waals surface area contributed by atoms with E-state index in [1.807, 2.05) is 32.0 Å². The van der Waals surface area contributed by atoms with Gasteiger partial charge in [-0.05, 0) is 37.5 Å². The molecule has 2 aromatic heterocycles. The van der Waals surface area contributed by atoms with Crippen LogP contribution in [0, 0.1) is 20.8 Å². The highest BCUT2D eigenvalue weighted by Crippen LogP contribution is 2.37. The average Bonchev–Trinajstić information content (AvgIpc) is 3.19. The first-order valence-electron chi connectivity index (χ1n) is 10.4. The zero-order chi connectivity index (χ0) is 22.7. The van der Waals surface area contributed by atoms with Crippen LogP contribution in [0.15, 0.2) is 47.8 Å². The summed E-state index contributed by atoms with van der Waals surface area (Å²) < 4.78 is 5.24. The Labute approximate surface area is 191 Å². The molecule has 1 amide bonds. The highest BCUT2D eigenvalue weighted by molar-refractivity contribution is 7.17. The van der Waals surface area contributed by atoms with Crippen LogP contribution in [0.1, 0.15) is 22.5 Å². The molecule has 0 bridgehead atoms. The zero-order valence-corrected chi connectivity index (χ0v) is 19.5. The Morgan fingerprint density at radius 1 is 1.06 bits per heavy atom. The summed E-state index contributed by atoms with van der Waals surface area (Å²) >= 11 is 1.56. The maximum atomic E-state index is 12.8. The zero-order valence-electron chi connectivity index (χ0n) is 18.7. The van der Waals surface area contributed by atoms with Crippen molar-refractivity contribution in [2.75, 3.05) is 24.3 Å². The fourth-order valence-corrected chi connectivity index (χ4v) is 4.83. The van der Waals surface area contributed by atoms with Gasteiger partial charge >= 0.3 is 0 Å². The van der Waals surface area contributed by atoms with Gasteiger partial charge < -0.3 is 15.4 Å². The number of carbonyl (C=O) groups is 1.